The van der Waals surface area contributed by atoms with Crippen LogP contribution in [-0.2, 0) is 22.7 Å². The Morgan fingerprint density at radius 3 is 2.90 bits per heavy atom. The van der Waals surface area contributed by atoms with Crippen molar-refractivity contribution in [2.75, 3.05) is 11.9 Å². The molecule has 7 nitrogen and oxygen atoms in total. The van der Waals surface area contributed by atoms with E-state index < -0.39 is 0 Å². The Bertz CT molecular complexity index is 1040. The van der Waals surface area contributed by atoms with Gasteiger partial charge in [0.2, 0.25) is 11.8 Å². The lowest BCUT2D eigenvalue weighted by molar-refractivity contribution is -0.128. The molecule has 4 rings (SSSR count). The van der Waals surface area contributed by atoms with Gasteiger partial charge in [0.25, 0.3) is 0 Å². The van der Waals surface area contributed by atoms with Gasteiger partial charge in [0.15, 0.2) is 0 Å². The van der Waals surface area contributed by atoms with Crippen LogP contribution in [0, 0.1) is 12.8 Å². The van der Waals surface area contributed by atoms with Gasteiger partial charge in [-0.1, -0.05) is 13.0 Å². The van der Waals surface area contributed by atoms with E-state index >= 15 is 0 Å². The molecule has 1 aromatic carbocycles. The molecule has 29 heavy (non-hydrogen) atoms. The summed E-state index contributed by atoms with van der Waals surface area (Å²) in [5, 5.41) is 2.96. The number of rotatable bonds is 6. The van der Waals surface area contributed by atoms with Crippen molar-refractivity contribution in [3.63, 3.8) is 0 Å². The average molecular weight is 391 g/mol. The number of hydrogen-bond acceptors (Lipinski definition) is 4. The van der Waals surface area contributed by atoms with Crippen molar-refractivity contribution in [1.82, 2.24) is 19.4 Å². The molecule has 1 aliphatic heterocycles. The Labute approximate surface area is 169 Å². The Hall–Kier alpha value is -3.22. The molecule has 1 saturated heterocycles. The van der Waals surface area contributed by atoms with Crippen LogP contribution in [0.3, 0.4) is 0 Å². The number of hydrogen-bond donors (Lipinski definition) is 1. The first-order chi connectivity index (χ1) is 14.0. The van der Waals surface area contributed by atoms with Crippen molar-refractivity contribution >= 4 is 28.5 Å². The summed E-state index contributed by atoms with van der Waals surface area (Å²) in [7, 11) is 0. The van der Waals surface area contributed by atoms with Gasteiger partial charge >= 0.3 is 0 Å². The number of nitrogens with zero attached hydrogens (tertiary/aromatic N) is 4. The molecule has 150 valence electrons. The molecule has 0 saturated carbocycles. The van der Waals surface area contributed by atoms with Gasteiger partial charge in [-0.25, -0.2) is 4.98 Å². The van der Waals surface area contributed by atoms with Crippen molar-refractivity contribution in [2.24, 2.45) is 5.92 Å². The van der Waals surface area contributed by atoms with Gasteiger partial charge in [0, 0.05) is 31.4 Å². The Morgan fingerprint density at radius 1 is 1.28 bits per heavy atom. The van der Waals surface area contributed by atoms with Crippen LogP contribution in [0.1, 0.15) is 31.3 Å². The minimum absolute atomic E-state index is 0.0137. The van der Waals surface area contributed by atoms with E-state index in [2.05, 4.69) is 26.8 Å². The van der Waals surface area contributed by atoms with E-state index in [0.29, 0.717) is 18.8 Å². The number of amides is 2. The van der Waals surface area contributed by atoms with E-state index in [1.165, 1.54) is 0 Å². The summed E-state index contributed by atoms with van der Waals surface area (Å²) in [4.78, 5) is 35.6. The third-order valence-electron chi connectivity index (χ3n) is 5.32. The highest BCUT2D eigenvalue weighted by molar-refractivity contribution is 5.98. The van der Waals surface area contributed by atoms with E-state index in [-0.39, 0.29) is 24.2 Å². The summed E-state index contributed by atoms with van der Waals surface area (Å²) < 4.78 is 2.19. The van der Waals surface area contributed by atoms with Crippen LogP contribution in [0.2, 0.25) is 0 Å². The number of aryl methyl sites for hydroxylation is 2. The largest absolute Gasteiger partial charge is 0.336 e. The van der Waals surface area contributed by atoms with Gasteiger partial charge < -0.3 is 14.8 Å². The van der Waals surface area contributed by atoms with Crippen molar-refractivity contribution in [2.45, 2.75) is 39.8 Å². The molecule has 1 N–H and O–H groups in total. The van der Waals surface area contributed by atoms with Gasteiger partial charge in [-0.05, 0) is 43.7 Å². The van der Waals surface area contributed by atoms with Crippen LogP contribution in [0.15, 0.2) is 42.6 Å². The number of nitrogens with one attached hydrogen (secondary N) is 1. The molecule has 7 heteroatoms. The molecule has 1 unspecified atom stereocenters. The number of benzene rings is 1. The minimum atomic E-state index is -0.360. The molecule has 0 aliphatic carbocycles. The molecular formula is C22H25N5O2. The minimum Gasteiger partial charge on any atom is -0.336 e. The maximum absolute atomic E-state index is 12.7. The topological polar surface area (TPSA) is 80.1 Å². The van der Waals surface area contributed by atoms with Crippen LogP contribution in [0.5, 0.6) is 0 Å². The second-order valence-electron chi connectivity index (χ2n) is 7.50. The first kappa shape index (κ1) is 19.1. The number of carbonyl (C=O) groups is 2. The average Bonchev–Trinajstić information content (AvgIpc) is 3.22. The fraction of sp³-hybridized carbons (Fsp3) is 0.364. The molecule has 1 atom stereocenters. The fourth-order valence-electron chi connectivity index (χ4n) is 3.87. The smallest absolute Gasteiger partial charge is 0.229 e. The molecule has 3 heterocycles. The zero-order valence-electron chi connectivity index (χ0n) is 16.8. The van der Waals surface area contributed by atoms with E-state index in [1.54, 1.807) is 11.1 Å². The third-order valence-corrected chi connectivity index (χ3v) is 5.32. The van der Waals surface area contributed by atoms with Gasteiger partial charge in [0.05, 0.1) is 29.2 Å². The molecule has 0 bridgehead atoms. The number of imidazole rings is 1. The Kier molecular flexibility index (Phi) is 5.29. The van der Waals surface area contributed by atoms with Crippen molar-refractivity contribution in [3.8, 4) is 0 Å². The van der Waals surface area contributed by atoms with E-state index in [1.807, 2.05) is 43.3 Å². The van der Waals surface area contributed by atoms with Gasteiger partial charge in [0.1, 0.15) is 5.82 Å². The maximum Gasteiger partial charge on any atom is 0.229 e. The second kappa shape index (κ2) is 8.03. The lowest BCUT2D eigenvalue weighted by Crippen LogP contribution is -2.28. The van der Waals surface area contributed by atoms with Gasteiger partial charge in [-0.2, -0.15) is 0 Å². The predicted molar refractivity (Wildman–Crippen MR) is 111 cm³/mol. The third kappa shape index (κ3) is 3.99. The summed E-state index contributed by atoms with van der Waals surface area (Å²) in [6.07, 6.45) is 2.97. The second-order valence-corrected chi connectivity index (χ2v) is 7.50. The van der Waals surface area contributed by atoms with Crippen LogP contribution in [0.25, 0.3) is 11.0 Å². The number of aromatic nitrogens is 3. The monoisotopic (exact) mass is 391 g/mol. The summed E-state index contributed by atoms with van der Waals surface area (Å²) >= 11 is 0. The maximum atomic E-state index is 12.7. The fourth-order valence-corrected chi connectivity index (χ4v) is 3.87. The first-order valence-electron chi connectivity index (χ1n) is 10.0. The quantitative estimate of drug-likeness (QED) is 0.700. The standard InChI is InChI=1S/C22H25N5O2/c1-3-10-27-15(2)24-19-12-17(7-8-20(19)27)25-22(29)16-11-21(28)26(13-16)14-18-6-4-5-9-23-18/h4-9,12,16H,3,10-11,13-14H2,1-2H3,(H,25,29). The Balaban J connectivity index is 1.43. The summed E-state index contributed by atoms with van der Waals surface area (Å²) in [5.74, 6) is 0.462. The Morgan fingerprint density at radius 2 is 2.14 bits per heavy atom. The van der Waals surface area contributed by atoms with E-state index in [9.17, 15) is 9.59 Å². The molecule has 0 radical (unpaired) electrons. The lowest BCUT2D eigenvalue weighted by Gasteiger charge is -2.16. The SMILES string of the molecule is CCCn1c(C)nc2cc(NC(=O)C3CC(=O)N(Cc4ccccn4)C3)ccc21. The lowest BCUT2D eigenvalue weighted by atomic mass is 10.1. The summed E-state index contributed by atoms with van der Waals surface area (Å²) in [5.41, 5.74) is 3.47. The highest BCUT2D eigenvalue weighted by Crippen LogP contribution is 2.24. The molecule has 3 aromatic rings. The van der Waals surface area contributed by atoms with E-state index in [0.717, 1.165) is 35.5 Å². The van der Waals surface area contributed by atoms with Crippen LogP contribution in [-0.4, -0.2) is 37.8 Å². The molecular weight excluding hydrogens is 366 g/mol. The number of carbonyl (C=O) groups excluding carboxylic acids is 2. The number of fused-ring (bicyclic) bond motifs is 1. The van der Waals surface area contributed by atoms with Crippen molar-refractivity contribution in [3.05, 3.63) is 54.1 Å². The summed E-state index contributed by atoms with van der Waals surface area (Å²) in [6, 6.07) is 11.4. The number of likely N-dealkylation sites (tertiary alicyclic amines) is 1. The van der Waals surface area contributed by atoms with Crippen LogP contribution < -0.4 is 5.32 Å². The zero-order chi connectivity index (χ0) is 20.4. The normalized spacial score (nSPS) is 16.6. The van der Waals surface area contributed by atoms with Crippen molar-refractivity contribution < 1.29 is 9.59 Å². The molecule has 2 amide bonds. The van der Waals surface area contributed by atoms with E-state index in [4.69, 9.17) is 0 Å². The number of pyridine rings is 1. The van der Waals surface area contributed by atoms with Gasteiger partial charge in [-0.3, -0.25) is 14.6 Å². The van der Waals surface area contributed by atoms with Crippen LogP contribution in [0.4, 0.5) is 5.69 Å². The number of anilines is 1. The highest BCUT2D eigenvalue weighted by atomic mass is 16.2. The molecule has 1 fully saturated rings. The predicted octanol–water partition coefficient (Wildman–Crippen LogP) is 3.14. The van der Waals surface area contributed by atoms with Gasteiger partial charge in [-0.15, -0.1) is 0 Å². The first-order valence-corrected chi connectivity index (χ1v) is 10.0. The van der Waals surface area contributed by atoms with Crippen molar-refractivity contribution in [1.29, 1.82) is 0 Å². The highest BCUT2D eigenvalue weighted by Gasteiger charge is 2.34. The molecule has 2 aromatic heterocycles. The summed E-state index contributed by atoms with van der Waals surface area (Å²) in [6.45, 7) is 5.90. The molecule has 0 spiro atoms. The molecule has 1 aliphatic rings. The van der Waals surface area contributed by atoms with Crippen LogP contribution >= 0.6 is 0 Å². The zero-order valence-corrected chi connectivity index (χ0v) is 16.8.